The van der Waals surface area contributed by atoms with Gasteiger partial charge in [-0.2, -0.15) is 0 Å². The molecule has 0 bridgehead atoms. The van der Waals surface area contributed by atoms with E-state index in [1.54, 1.807) is 23.2 Å². The third kappa shape index (κ3) is 3.04. The molecular formula is C14H21N3O2. The highest BCUT2D eigenvalue weighted by molar-refractivity contribution is 5.96. The Morgan fingerprint density at radius 1 is 1.53 bits per heavy atom. The van der Waals surface area contributed by atoms with Crippen LogP contribution in [0.4, 0.5) is 0 Å². The van der Waals surface area contributed by atoms with Crippen molar-refractivity contribution >= 4 is 5.91 Å². The number of hydrogen-bond donors (Lipinski definition) is 0. The van der Waals surface area contributed by atoms with Crippen molar-refractivity contribution in [2.24, 2.45) is 5.92 Å². The van der Waals surface area contributed by atoms with Crippen LogP contribution in [0.15, 0.2) is 18.3 Å². The number of amides is 1. The number of carbonyl (C=O) groups is 1. The molecule has 1 aromatic rings. The molecule has 0 spiro atoms. The summed E-state index contributed by atoms with van der Waals surface area (Å²) in [5.74, 6) is 0.669. The monoisotopic (exact) mass is 263 g/mol. The SMILES string of the molecule is C[C@@H]1CN(C)C(=O)c2cccnc2O[C@@H]1CN(C)C. The molecule has 0 fully saturated rings. The number of nitrogens with zero attached hydrogens (tertiary/aromatic N) is 3. The van der Waals surface area contributed by atoms with Gasteiger partial charge in [-0.05, 0) is 26.2 Å². The number of fused-ring (bicyclic) bond motifs is 1. The van der Waals surface area contributed by atoms with E-state index in [0.717, 1.165) is 6.54 Å². The van der Waals surface area contributed by atoms with Crippen molar-refractivity contribution in [3.63, 3.8) is 0 Å². The van der Waals surface area contributed by atoms with Crippen molar-refractivity contribution in [2.45, 2.75) is 13.0 Å². The average molecular weight is 263 g/mol. The third-order valence-electron chi connectivity index (χ3n) is 3.35. The van der Waals surface area contributed by atoms with E-state index in [4.69, 9.17) is 4.74 Å². The van der Waals surface area contributed by atoms with Gasteiger partial charge in [0.25, 0.3) is 5.91 Å². The van der Waals surface area contributed by atoms with Crippen LogP contribution < -0.4 is 4.74 Å². The Hall–Kier alpha value is -1.62. The number of carbonyl (C=O) groups excluding carboxylic acids is 1. The van der Waals surface area contributed by atoms with E-state index >= 15 is 0 Å². The topological polar surface area (TPSA) is 45.7 Å². The van der Waals surface area contributed by atoms with Crippen LogP contribution in [-0.4, -0.2) is 61.0 Å². The minimum absolute atomic E-state index is 0.0270. The summed E-state index contributed by atoms with van der Waals surface area (Å²) in [7, 11) is 5.86. The molecule has 19 heavy (non-hydrogen) atoms. The summed E-state index contributed by atoms with van der Waals surface area (Å²) in [5, 5.41) is 0. The first kappa shape index (κ1) is 13.8. The number of rotatable bonds is 2. The van der Waals surface area contributed by atoms with Crippen molar-refractivity contribution in [3.8, 4) is 5.88 Å². The average Bonchev–Trinajstić information content (AvgIpc) is 2.36. The summed E-state index contributed by atoms with van der Waals surface area (Å²) in [5.41, 5.74) is 0.542. The van der Waals surface area contributed by atoms with Crippen LogP contribution in [0.2, 0.25) is 0 Å². The van der Waals surface area contributed by atoms with Gasteiger partial charge in [-0.3, -0.25) is 4.79 Å². The first-order chi connectivity index (χ1) is 8.99. The summed E-state index contributed by atoms with van der Waals surface area (Å²) < 4.78 is 5.98. The molecule has 0 radical (unpaired) electrons. The fourth-order valence-electron chi connectivity index (χ4n) is 2.32. The van der Waals surface area contributed by atoms with Crippen LogP contribution in [0.5, 0.6) is 5.88 Å². The molecule has 0 saturated heterocycles. The Labute approximate surface area is 114 Å². The molecule has 1 aromatic heterocycles. The summed E-state index contributed by atoms with van der Waals surface area (Å²) in [6.45, 7) is 3.59. The van der Waals surface area contributed by atoms with Gasteiger partial charge in [-0.1, -0.05) is 6.92 Å². The van der Waals surface area contributed by atoms with E-state index in [1.807, 2.05) is 21.1 Å². The van der Waals surface area contributed by atoms with Crippen LogP contribution >= 0.6 is 0 Å². The lowest BCUT2D eigenvalue weighted by atomic mass is 10.0. The second-order valence-electron chi connectivity index (χ2n) is 5.44. The third-order valence-corrected chi connectivity index (χ3v) is 3.35. The van der Waals surface area contributed by atoms with Gasteiger partial charge in [-0.15, -0.1) is 0 Å². The number of hydrogen-bond acceptors (Lipinski definition) is 4. The summed E-state index contributed by atoms with van der Waals surface area (Å²) >= 11 is 0. The highest BCUT2D eigenvalue weighted by Gasteiger charge is 2.29. The highest BCUT2D eigenvalue weighted by Crippen LogP contribution is 2.24. The Kier molecular flexibility index (Phi) is 4.04. The molecule has 0 unspecified atom stereocenters. The largest absolute Gasteiger partial charge is 0.472 e. The molecule has 0 aliphatic carbocycles. The van der Waals surface area contributed by atoms with E-state index in [-0.39, 0.29) is 17.9 Å². The first-order valence-electron chi connectivity index (χ1n) is 6.51. The molecule has 2 atom stereocenters. The Bertz CT molecular complexity index is 462. The second-order valence-corrected chi connectivity index (χ2v) is 5.44. The first-order valence-corrected chi connectivity index (χ1v) is 6.51. The van der Waals surface area contributed by atoms with Crippen LogP contribution in [0, 0.1) is 5.92 Å². The van der Waals surface area contributed by atoms with E-state index in [2.05, 4.69) is 16.8 Å². The van der Waals surface area contributed by atoms with Crippen molar-refractivity contribution in [1.29, 1.82) is 0 Å². The van der Waals surface area contributed by atoms with Crippen LogP contribution in [0.25, 0.3) is 0 Å². The molecule has 0 aromatic carbocycles. The van der Waals surface area contributed by atoms with Crippen molar-refractivity contribution < 1.29 is 9.53 Å². The molecule has 2 rings (SSSR count). The lowest BCUT2D eigenvalue weighted by Gasteiger charge is -2.33. The minimum atomic E-state index is -0.0294. The summed E-state index contributed by atoms with van der Waals surface area (Å²) in [6.07, 6.45) is 1.68. The minimum Gasteiger partial charge on any atom is -0.472 e. The van der Waals surface area contributed by atoms with Gasteiger partial charge < -0.3 is 14.5 Å². The normalized spacial score (nSPS) is 23.6. The highest BCUT2D eigenvalue weighted by atomic mass is 16.5. The van der Waals surface area contributed by atoms with E-state index in [1.165, 1.54) is 0 Å². The van der Waals surface area contributed by atoms with Gasteiger partial charge in [0.1, 0.15) is 11.7 Å². The molecule has 104 valence electrons. The summed E-state index contributed by atoms with van der Waals surface area (Å²) in [4.78, 5) is 20.3. The number of likely N-dealkylation sites (N-methyl/N-ethyl adjacent to an activating group) is 1. The molecule has 2 heterocycles. The lowest BCUT2D eigenvalue weighted by Crippen LogP contribution is -2.44. The standard InChI is InChI=1S/C14H21N3O2/c1-10-8-17(4)14(18)11-6-5-7-15-13(11)19-12(10)9-16(2)3/h5-7,10,12H,8-9H2,1-4H3/t10-,12-/m1/s1. The van der Waals surface area contributed by atoms with Crippen LogP contribution in [0.3, 0.4) is 0 Å². The number of pyridine rings is 1. The molecule has 5 heteroatoms. The Morgan fingerprint density at radius 2 is 2.26 bits per heavy atom. The van der Waals surface area contributed by atoms with Crippen molar-refractivity contribution in [3.05, 3.63) is 23.9 Å². The molecule has 1 aliphatic rings. The maximum atomic E-state index is 12.3. The quantitative estimate of drug-likeness (QED) is 0.802. The second kappa shape index (κ2) is 5.57. The molecule has 1 aliphatic heterocycles. The maximum absolute atomic E-state index is 12.3. The Morgan fingerprint density at radius 3 is 2.95 bits per heavy atom. The van der Waals surface area contributed by atoms with E-state index in [0.29, 0.717) is 18.0 Å². The fraction of sp³-hybridized carbons (Fsp3) is 0.571. The van der Waals surface area contributed by atoms with Gasteiger partial charge in [-0.25, -0.2) is 4.98 Å². The van der Waals surface area contributed by atoms with Gasteiger partial charge in [0, 0.05) is 32.3 Å². The number of ether oxygens (including phenoxy) is 1. The van der Waals surface area contributed by atoms with Crippen LogP contribution in [-0.2, 0) is 0 Å². The van der Waals surface area contributed by atoms with Crippen molar-refractivity contribution in [2.75, 3.05) is 34.2 Å². The smallest absolute Gasteiger partial charge is 0.259 e. The van der Waals surface area contributed by atoms with Gasteiger partial charge >= 0.3 is 0 Å². The van der Waals surface area contributed by atoms with Crippen molar-refractivity contribution in [1.82, 2.24) is 14.8 Å². The predicted molar refractivity (Wildman–Crippen MR) is 73.3 cm³/mol. The zero-order valence-corrected chi connectivity index (χ0v) is 12.0. The molecule has 1 amide bonds. The van der Waals surface area contributed by atoms with Gasteiger partial charge in [0.05, 0.1) is 0 Å². The fourth-order valence-corrected chi connectivity index (χ4v) is 2.32. The number of aromatic nitrogens is 1. The Balaban J connectivity index is 2.34. The lowest BCUT2D eigenvalue weighted by molar-refractivity contribution is 0.0557. The van der Waals surface area contributed by atoms with Crippen LogP contribution in [0.1, 0.15) is 17.3 Å². The van der Waals surface area contributed by atoms with Gasteiger partial charge in [0.2, 0.25) is 5.88 Å². The summed E-state index contributed by atoms with van der Waals surface area (Å²) in [6, 6.07) is 3.53. The zero-order valence-electron chi connectivity index (χ0n) is 12.0. The molecule has 0 saturated carbocycles. The molecule has 5 nitrogen and oxygen atoms in total. The predicted octanol–water partition coefficient (Wildman–Crippen LogP) is 1.11. The van der Waals surface area contributed by atoms with E-state index < -0.39 is 0 Å². The maximum Gasteiger partial charge on any atom is 0.259 e. The zero-order chi connectivity index (χ0) is 14.0. The molecular weight excluding hydrogens is 242 g/mol. The molecule has 0 N–H and O–H groups in total. The van der Waals surface area contributed by atoms with E-state index in [9.17, 15) is 4.79 Å². The van der Waals surface area contributed by atoms with Gasteiger partial charge in [0.15, 0.2) is 0 Å².